The standard InChI is InChI=1S/C12H17N3O/c1-9(2)4-3-5-16-12-10(7-13)6-11(14)8-15-12/h6,8-9H,3-5,14H2,1-2H3. The van der Waals surface area contributed by atoms with Crippen LogP contribution >= 0.6 is 0 Å². The molecular weight excluding hydrogens is 202 g/mol. The number of nitrogens with zero attached hydrogens (tertiary/aromatic N) is 2. The Hall–Kier alpha value is -1.76. The number of rotatable bonds is 5. The number of aromatic nitrogens is 1. The van der Waals surface area contributed by atoms with Gasteiger partial charge in [0.15, 0.2) is 0 Å². The quantitative estimate of drug-likeness (QED) is 0.771. The molecule has 0 spiro atoms. The number of pyridine rings is 1. The molecule has 86 valence electrons. The summed E-state index contributed by atoms with van der Waals surface area (Å²) in [6.07, 6.45) is 3.57. The van der Waals surface area contributed by atoms with Crippen LogP contribution in [0.1, 0.15) is 32.3 Å². The molecule has 0 aliphatic rings. The van der Waals surface area contributed by atoms with E-state index in [2.05, 4.69) is 18.8 Å². The smallest absolute Gasteiger partial charge is 0.231 e. The third kappa shape index (κ3) is 3.77. The van der Waals surface area contributed by atoms with E-state index in [4.69, 9.17) is 15.7 Å². The average molecular weight is 219 g/mol. The van der Waals surface area contributed by atoms with Crippen LogP contribution in [0.25, 0.3) is 0 Å². The van der Waals surface area contributed by atoms with Crippen molar-refractivity contribution in [3.05, 3.63) is 17.8 Å². The van der Waals surface area contributed by atoms with Gasteiger partial charge in [-0.2, -0.15) is 5.26 Å². The molecule has 0 aliphatic heterocycles. The third-order valence-electron chi connectivity index (χ3n) is 2.16. The first-order chi connectivity index (χ1) is 7.63. The molecule has 0 saturated carbocycles. The molecule has 0 unspecified atom stereocenters. The lowest BCUT2D eigenvalue weighted by Crippen LogP contribution is -2.03. The van der Waals surface area contributed by atoms with Crippen LogP contribution in [0.4, 0.5) is 5.69 Å². The molecule has 0 amide bonds. The molecule has 16 heavy (non-hydrogen) atoms. The Morgan fingerprint density at radius 3 is 2.94 bits per heavy atom. The Balaban J connectivity index is 2.51. The van der Waals surface area contributed by atoms with Gasteiger partial charge in [-0.15, -0.1) is 0 Å². The predicted molar refractivity (Wildman–Crippen MR) is 62.9 cm³/mol. The molecule has 4 heteroatoms. The Bertz CT molecular complexity index is 382. The fourth-order valence-corrected chi connectivity index (χ4v) is 1.32. The maximum absolute atomic E-state index is 8.86. The molecule has 0 aliphatic carbocycles. The van der Waals surface area contributed by atoms with Crippen molar-refractivity contribution in [1.82, 2.24) is 4.98 Å². The number of ether oxygens (including phenoxy) is 1. The molecule has 1 rings (SSSR count). The van der Waals surface area contributed by atoms with Crippen LogP contribution in [0, 0.1) is 17.2 Å². The Morgan fingerprint density at radius 1 is 1.56 bits per heavy atom. The molecule has 0 saturated heterocycles. The lowest BCUT2D eigenvalue weighted by atomic mass is 10.1. The van der Waals surface area contributed by atoms with Gasteiger partial charge in [0.05, 0.1) is 18.5 Å². The minimum absolute atomic E-state index is 0.375. The van der Waals surface area contributed by atoms with E-state index in [0.29, 0.717) is 29.7 Å². The molecule has 1 aromatic heterocycles. The highest BCUT2D eigenvalue weighted by atomic mass is 16.5. The summed E-state index contributed by atoms with van der Waals surface area (Å²) in [5.41, 5.74) is 6.40. The van der Waals surface area contributed by atoms with Gasteiger partial charge in [0, 0.05) is 0 Å². The zero-order valence-corrected chi connectivity index (χ0v) is 9.73. The van der Waals surface area contributed by atoms with Crippen LogP contribution in [-0.4, -0.2) is 11.6 Å². The SMILES string of the molecule is CC(C)CCCOc1ncc(N)cc1C#N. The fraction of sp³-hybridized carbons (Fsp3) is 0.500. The molecule has 0 aromatic carbocycles. The van der Waals surface area contributed by atoms with E-state index >= 15 is 0 Å². The normalized spacial score (nSPS) is 10.1. The van der Waals surface area contributed by atoms with Crippen molar-refractivity contribution in [2.75, 3.05) is 12.3 Å². The second-order valence-electron chi connectivity index (χ2n) is 4.12. The van der Waals surface area contributed by atoms with Crippen molar-refractivity contribution in [3.63, 3.8) is 0 Å². The summed E-state index contributed by atoms with van der Waals surface area (Å²) in [5, 5.41) is 8.86. The molecule has 0 radical (unpaired) electrons. The van der Waals surface area contributed by atoms with Crippen molar-refractivity contribution in [3.8, 4) is 11.9 Å². The molecule has 4 nitrogen and oxygen atoms in total. The van der Waals surface area contributed by atoms with Crippen molar-refractivity contribution in [1.29, 1.82) is 5.26 Å². The first-order valence-electron chi connectivity index (χ1n) is 5.42. The van der Waals surface area contributed by atoms with Crippen LogP contribution in [0.3, 0.4) is 0 Å². The van der Waals surface area contributed by atoms with Crippen molar-refractivity contribution >= 4 is 5.69 Å². The highest BCUT2D eigenvalue weighted by molar-refractivity contribution is 5.48. The molecule has 2 N–H and O–H groups in total. The van der Waals surface area contributed by atoms with Crippen molar-refractivity contribution in [2.24, 2.45) is 5.92 Å². The van der Waals surface area contributed by atoms with Crippen molar-refractivity contribution < 1.29 is 4.74 Å². The van der Waals surface area contributed by atoms with E-state index in [9.17, 15) is 0 Å². The summed E-state index contributed by atoms with van der Waals surface area (Å²) in [6.45, 7) is 4.92. The van der Waals surface area contributed by atoms with Crippen molar-refractivity contribution in [2.45, 2.75) is 26.7 Å². The fourth-order valence-electron chi connectivity index (χ4n) is 1.32. The van der Waals surface area contributed by atoms with Gasteiger partial charge >= 0.3 is 0 Å². The first kappa shape index (κ1) is 12.3. The average Bonchev–Trinajstić information content (AvgIpc) is 2.25. The number of nitriles is 1. The first-order valence-corrected chi connectivity index (χ1v) is 5.42. The molecule has 1 heterocycles. The van der Waals surface area contributed by atoms with Gasteiger partial charge in [0.25, 0.3) is 0 Å². The highest BCUT2D eigenvalue weighted by Gasteiger charge is 2.05. The van der Waals surface area contributed by atoms with Gasteiger partial charge < -0.3 is 10.5 Å². The zero-order valence-electron chi connectivity index (χ0n) is 9.73. The summed E-state index contributed by atoms with van der Waals surface area (Å²) < 4.78 is 5.44. The maximum Gasteiger partial charge on any atom is 0.231 e. The topological polar surface area (TPSA) is 71.9 Å². The molecule has 0 fully saturated rings. The van der Waals surface area contributed by atoms with Gasteiger partial charge in [-0.3, -0.25) is 0 Å². The van der Waals surface area contributed by atoms with Gasteiger partial charge in [-0.05, 0) is 24.8 Å². The van der Waals surface area contributed by atoms with Crippen LogP contribution < -0.4 is 10.5 Å². The Labute approximate surface area is 96.1 Å². The van der Waals surface area contributed by atoms with Crippen LogP contribution in [0.5, 0.6) is 5.88 Å². The van der Waals surface area contributed by atoms with E-state index in [0.717, 1.165) is 12.8 Å². The number of nitrogen functional groups attached to an aromatic ring is 1. The largest absolute Gasteiger partial charge is 0.477 e. The van der Waals surface area contributed by atoms with E-state index in [-0.39, 0.29) is 0 Å². The highest BCUT2D eigenvalue weighted by Crippen LogP contribution is 2.17. The number of nitrogens with two attached hydrogens (primary N) is 1. The van der Waals surface area contributed by atoms with Gasteiger partial charge in [0.1, 0.15) is 11.6 Å². The van der Waals surface area contributed by atoms with Gasteiger partial charge in [0.2, 0.25) is 5.88 Å². The predicted octanol–water partition coefficient (Wildman–Crippen LogP) is 2.35. The van der Waals surface area contributed by atoms with Gasteiger partial charge in [-0.25, -0.2) is 4.98 Å². The van der Waals surface area contributed by atoms with Gasteiger partial charge in [-0.1, -0.05) is 13.8 Å². The lowest BCUT2D eigenvalue weighted by Gasteiger charge is -2.08. The summed E-state index contributed by atoms with van der Waals surface area (Å²) in [5.74, 6) is 1.04. The second-order valence-corrected chi connectivity index (χ2v) is 4.12. The minimum atomic E-state index is 0.375. The summed E-state index contributed by atoms with van der Waals surface area (Å²) >= 11 is 0. The number of anilines is 1. The van der Waals surface area contributed by atoms with Crippen LogP contribution in [0.15, 0.2) is 12.3 Å². The van der Waals surface area contributed by atoms with E-state index in [1.54, 1.807) is 6.07 Å². The molecule has 1 aromatic rings. The maximum atomic E-state index is 8.86. The van der Waals surface area contributed by atoms with E-state index < -0.39 is 0 Å². The number of hydrogen-bond donors (Lipinski definition) is 1. The molecule has 0 bridgehead atoms. The van der Waals surface area contributed by atoms with E-state index in [1.165, 1.54) is 6.20 Å². The lowest BCUT2D eigenvalue weighted by molar-refractivity contribution is 0.286. The Kier molecular flexibility index (Phi) is 4.59. The number of hydrogen-bond acceptors (Lipinski definition) is 4. The summed E-state index contributed by atoms with van der Waals surface area (Å²) in [7, 11) is 0. The molecular formula is C12H17N3O. The summed E-state index contributed by atoms with van der Waals surface area (Å²) in [4.78, 5) is 4.00. The molecule has 0 atom stereocenters. The van der Waals surface area contributed by atoms with Crippen LogP contribution in [0.2, 0.25) is 0 Å². The van der Waals surface area contributed by atoms with Crippen LogP contribution in [-0.2, 0) is 0 Å². The minimum Gasteiger partial charge on any atom is -0.477 e. The zero-order chi connectivity index (χ0) is 12.0. The monoisotopic (exact) mass is 219 g/mol. The van der Waals surface area contributed by atoms with E-state index in [1.807, 2.05) is 6.07 Å². The third-order valence-corrected chi connectivity index (χ3v) is 2.16. The Morgan fingerprint density at radius 2 is 2.31 bits per heavy atom. The second kappa shape index (κ2) is 5.96. The summed E-state index contributed by atoms with van der Waals surface area (Å²) in [6, 6.07) is 3.59.